The molecule has 42 heavy (non-hydrogen) atoms. The first-order valence-electron chi connectivity index (χ1n) is 12.6. The van der Waals surface area contributed by atoms with Crippen molar-refractivity contribution in [2.75, 3.05) is 10.6 Å². The van der Waals surface area contributed by atoms with Crippen LogP contribution in [0.4, 0.5) is 11.4 Å². The first-order valence-corrected chi connectivity index (χ1v) is 15.0. The van der Waals surface area contributed by atoms with Gasteiger partial charge in [0.25, 0.3) is 5.91 Å². The predicted molar refractivity (Wildman–Crippen MR) is 172 cm³/mol. The van der Waals surface area contributed by atoms with E-state index >= 15 is 0 Å². The van der Waals surface area contributed by atoms with Gasteiger partial charge in [0.2, 0.25) is 5.91 Å². The van der Waals surface area contributed by atoms with Gasteiger partial charge in [0, 0.05) is 16.3 Å². The van der Waals surface area contributed by atoms with E-state index in [1.165, 1.54) is 17.3 Å². The number of thioether (sulfide) groups is 1. The molecule has 4 rings (SSSR count). The van der Waals surface area contributed by atoms with E-state index < -0.39 is 33.3 Å². The molecule has 0 saturated carbocycles. The third-order valence-electron chi connectivity index (χ3n) is 6.24. The average Bonchev–Trinajstić information content (AvgIpc) is 2.97. The van der Waals surface area contributed by atoms with E-state index in [0.717, 1.165) is 5.56 Å². The maximum atomic E-state index is 13.5. The molecule has 4 aromatic carbocycles. The normalized spacial score (nSPS) is 11.7. The molecule has 0 aromatic heterocycles. The Morgan fingerprint density at radius 3 is 1.90 bits per heavy atom. The molecule has 11 heteroatoms. The second-order valence-electron chi connectivity index (χ2n) is 9.47. The van der Waals surface area contributed by atoms with Crippen LogP contribution in [-0.4, -0.2) is 22.9 Å². The van der Waals surface area contributed by atoms with Crippen LogP contribution in [0.25, 0.3) is 0 Å². The number of rotatable bonds is 9. The fourth-order valence-corrected chi connectivity index (χ4v) is 6.19. The molecule has 0 heterocycles. The fraction of sp³-hybridized carbons (Fsp3) is 0.129. The second kappa shape index (κ2) is 13.8. The Labute approximate surface area is 267 Å². The summed E-state index contributed by atoms with van der Waals surface area (Å²) >= 11 is 25.7. The Morgan fingerprint density at radius 2 is 1.31 bits per heavy atom. The van der Waals surface area contributed by atoms with Crippen LogP contribution in [0, 0.1) is 0 Å². The number of hydrogen-bond donors (Lipinski definition) is 3. The predicted octanol–water partition coefficient (Wildman–Crippen LogP) is 9.85. The van der Waals surface area contributed by atoms with Gasteiger partial charge in [0.1, 0.15) is 5.25 Å². The van der Waals surface area contributed by atoms with Gasteiger partial charge in [-0.15, -0.1) is 11.8 Å². The van der Waals surface area contributed by atoms with Crippen molar-refractivity contribution in [1.82, 2.24) is 0 Å². The lowest BCUT2D eigenvalue weighted by molar-refractivity contribution is -0.115. The largest absolute Gasteiger partial charge is 0.478 e. The van der Waals surface area contributed by atoms with Crippen LogP contribution in [0.15, 0.2) is 83.8 Å². The lowest BCUT2D eigenvalue weighted by Gasteiger charge is -2.18. The maximum absolute atomic E-state index is 13.5. The Bertz CT molecular complexity index is 1650. The summed E-state index contributed by atoms with van der Waals surface area (Å²) < 4.78 is 0. The summed E-state index contributed by atoms with van der Waals surface area (Å²) in [7, 11) is 0. The number of anilines is 2. The smallest absolute Gasteiger partial charge is 0.338 e. The van der Waals surface area contributed by atoms with Crippen LogP contribution < -0.4 is 10.6 Å². The maximum Gasteiger partial charge on any atom is 0.338 e. The summed E-state index contributed by atoms with van der Waals surface area (Å²) in [5, 5.41) is 13.5. The highest BCUT2D eigenvalue weighted by Gasteiger charge is 2.29. The van der Waals surface area contributed by atoms with Crippen LogP contribution in [0.3, 0.4) is 0 Å². The van der Waals surface area contributed by atoms with Crippen LogP contribution in [0.1, 0.15) is 56.9 Å². The van der Waals surface area contributed by atoms with Gasteiger partial charge in [-0.25, -0.2) is 4.79 Å². The highest BCUT2D eigenvalue weighted by molar-refractivity contribution is 8.00. The van der Waals surface area contributed by atoms with E-state index in [9.17, 15) is 19.5 Å². The van der Waals surface area contributed by atoms with E-state index in [1.807, 2.05) is 54.6 Å². The summed E-state index contributed by atoms with van der Waals surface area (Å²) in [5.74, 6) is -2.19. The SMILES string of the molecule is CC(C)c1ccc(NC(=O)C(Sc2cccc(NC(=O)c3c(Cl)c(Cl)c(Cl)c(Cl)c3C(=O)O)c2)c2ccccc2)cc1. The number of hydrogen-bond acceptors (Lipinski definition) is 4. The van der Waals surface area contributed by atoms with E-state index in [1.54, 1.807) is 24.3 Å². The van der Waals surface area contributed by atoms with Gasteiger partial charge in [-0.05, 0) is 47.4 Å². The molecule has 1 atom stereocenters. The molecule has 0 fully saturated rings. The van der Waals surface area contributed by atoms with Crippen molar-refractivity contribution in [1.29, 1.82) is 0 Å². The third-order valence-corrected chi connectivity index (χ3v) is 9.29. The average molecular weight is 662 g/mol. The first kappa shape index (κ1) is 31.7. The number of nitrogens with one attached hydrogen (secondary N) is 2. The van der Waals surface area contributed by atoms with E-state index in [-0.39, 0.29) is 21.0 Å². The highest BCUT2D eigenvalue weighted by atomic mass is 35.5. The molecule has 0 saturated heterocycles. The number of aromatic carboxylic acids is 1. The Hall–Kier alpha value is -3.20. The number of halogens is 4. The minimum Gasteiger partial charge on any atom is -0.478 e. The summed E-state index contributed by atoms with van der Waals surface area (Å²) in [6, 6.07) is 23.8. The number of amides is 2. The fourth-order valence-electron chi connectivity index (χ4n) is 4.08. The van der Waals surface area contributed by atoms with Crippen molar-refractivity contribution >= 4 is 87.3 Å². The molecule has 216 valence electrons. The van der Waals surface area contributed by atoms with E-state index in [4.69, 9.17) is 46.4 Å². The van der Waals surface area contributed by atoms with Gasteiger partial charge < -0.3 is 15.7 Å². The number of carboxylic acids is 1. The van der Waals surface area contributed by atoms with E-state index in [0.29, 0.717) is 22.2 Å². The second-order valence-corrected chi connectivity index (χ2v) is 12.2. The summed E-state index contributed by atoms with van der Waals surface area (Å²) in [6.07, 6.45) is 0. The molecule has 0 aliphatic rings. The van der Waals surface area contributed by atoms with Crippen molar-refractivity contribution in [3.63, 3.8) is 0 Å². The zero-order chi connectivity index (χ0) is 30.6. The van der Waals surface area contributed by atoms with Crippen molar-refractivity contribution in [2.24, 2.45) is 0 Å². The minimum atomic E-state index is -1.49. The number of carbonyl (C=O) groups is 3. The molecule has 0 aliphatic carbocycles. The highest BCUT2D eigenvalue weighted by Crippen LogP contribution is 2.42. The van der Waals surface area contributed by atoms with Crippen LogP contribution in [0.5, 0.6) is 0 Å². The molecule has 4 aromatic rings. The van der Waals surface area contributed by atoms with Crippen LogP contribution >= 0.6 is 58.2 Å². The van der Waals surface area contributed by atoms with Crippen molar-refractivity contribution in [2.45, 2.75) is 29.9 Å². The summed E-state index contributed by atoms with van der Waals surface area (Å²) in [4.78, 5) is 39.3. The zero-order valence-corrected chi connectivity index (χ0v) is 26.1. The molecule has 1 unspecified atom stereocenters. The minimum absolute atomic E-state index is 0.221. The Balaban J connectivity index is 1.60. The standard InChI is InChI=1S/C31H24Cl4N2O4S/c1-16(2)17-11-13-19(14-12-17)36-30(39)28(18-7-4-3-5-8-18)42-21-10-6-9-20(15-21)37-29(38)22-23(31(40)41)25(33)27(35)26(34)24(22)32/h3-16,28H,1-2H3,(H,36,39)(H,37,38)(H,40,41). The van der Waals surface area contributed by atoms with Gasteiger partial charge in [0.15, 0.2) is 0 Å². The van der Waals surface area contributed by atoms with Gasteiger partial charge in [-0.1, -0.05) is 109 Å². The molecular formula is C31H24Cl4N2O4S. The molecular weight excluding hydrogens is 638 g/mol. The molecule has 6 nitrogen and oxygen atoms in total. The van der Waals surface area contributed by atoms with Crippen LogP contribution in [0.2, 0.25) is 20.1 Å². The molecule has 0 bridgehead atoms. The lowest BCUT2D eigenvalue weighted by Crippen LogP contribution is -2.19. The topological polar surface area (TPSA) is 95.5 Å². The Morgan fingerprint density at radius 1 is 0.690 bits per heavy atom. The quantitative estimate of drug-likeness (QED) is 0.0943. The Kier molecular flexibility index (Phi) is 10.5. The van der Waals surface area contributed by atoms with Gasteiger partial charge >= 0.3 is 5.97 Å². The summed E-state index contributed by atoms with van der Waals surface area (Å²) in [6.45, 7) is 4.21. The monoisotopic (exact) mass is 660 g/mol. The molecule has 0 aliphatic heterocycles. The number of carbonyl (C=O) groups excluding carboxylic acids is 2. The molecule has 0 spiro atoms. The van der Waals surface area contributed by atoms with Gasteiger partial charge in [0.05, 0.1) is 31.2 Å². The molecule has 2 amide bonds. The van der Waals surface area contributed by atoms with Gasteiger partial charge in [-0.2, -0.15) is 0 Å². The van der Waals surface area contributed by atoms with Crippen molar-refractivity contribution < 1.29 is 19.5 Å². The van der Waals surface area contributed by atoms with Crippen molar-refractivity contribution in [3.8, 4) is 0 Å². The van der Waals surface area contributed by atoms with E-state index in [2.05, 4.69) is 24.5 Å². The van der Waals surface area contributed by atoms with Crippen LogP contribution in [-0.2, 0) is 4.79 Å². The first-order chi connectivity index (χ1) is 20.0. The lowest BCUT2D eigenvalue weighted by atomic mass is 10.0. The molecule has 3 N–H and O–H groups in total. The van der Waals surface area contributed by atoms with Crippen molar-refractivity contribution in [3.05, 3.63) is 121 Å². The molecule has 0 radical (unpaired) electrons. The van der Waals surface area contributed by atoms with Gasteiger partial charge in [-0.3, -0.25) is 9.59 Å². The third kappa shape index (κ3) is 7.22. The number of carboxylic acid groups (broad SMARTS) is 1. The summed E-state index contributed by atoms with van der Waals surface area (Å²) in [5.41, 5.74) is 1.97. The zero-order valence-electron chi connectivity index (χ0n) is 22.3. The number of benzene rings is 4.